The number of benzene rings is 2. The van der Waals surface area contributed by atoms with E-state index in [-0.39, 0.29) is 11.9 Å². The molecule has 0 saturated heterocycles. The average molecular weight is 491 g/mol. The number of unbranched alkanes of at least 4 members (excludes halogenated alkanes) is 1. The summed E-state index contributed by atoms with van der Waals surface area (Å²) in [5, 5.41) is 13.7. The summed E-state index contributed by atoms with van der Waals surface area (Å²) in [6.45, 7) is 4.09. The van der Waals surface area contributed by atoms with Crippen LogP contribution in [0.3, 0.4) is 0 Å². The summed E-state index contributed by atoms with van der Waals surface area (Å²) >= 11 is 14.0. The smallest absolute Gasteiger partial charge is 0.220 e. The van der Waals surface area contributed by atoms with E-state index in [1.54, 1.807) is 17.8 Å². The third-order valence-electron chi connectivity index (χ3n) is 5.12. The highest BCUT2D eigenvalue weighted by Gasteiger charge is 2.16. The highest BCUT2D eigenvalue weighted by Crippen LogP contribution is 2.29. The van der Waals surface area contributed by atoms with E-state index < -0.39 is 0 Å². The second-order valence-electron chi connectivity index (χ2n) is 7.68. The molecule has 0 bridgehead atoms. The van der Waals surface area contributed by atoms with Crippen LogP contribution in [0, 0.1) is 0 Å². The highest BCUT2D eigenvalue weighted by molar-refractivity contribution is 7.99. The standard InChI is InChI=1S/C24H28Cl2N4OS/c1-3-17(2)27-23(31)11-7-8-14-32-24-29-28-22(15-18-9-5-4-6-10-18)30(24)19-12-13-20(25)21(26)16-19/h4-6,9-10,12-13,16-17H,3,7-8,11,14-15H2,1-2H3,(H,27,31). The van der Waals surface area contributed by atoms with Gasteiger partial charge in [-0.05, 0) is 49.9 Å². The maximum atomic E-state index is 12.0. The van der Waals surface area contributed by atoms with E-state index in [0.29, 0.717) is 22.9 Å². The van der Waals surface area contributed by atoms with Gasteiger partial charge in [-0.2, -0.15) is 0 Å². The number of nitrogens with zero attached hydrogens (tertiary/aromatic N) is 3. The molecule has 0 saturated carbocycles. The van der Waals surface area contributed by atoms with Crippen LogP contribution >= 0.6 is 35.0 Å². The Labute approximate surface area is 203 Å². The number of nitrogens with one attached hydrogen (secondary N) is 1. The molecular formula is C24H28Cl2N4OS. The van der Waals surface area contributed by atoms with Crippen LogP contribution in [0.25, 0.3) is 5.69 Å². The van der Waals surface area contributed by atoms with Gasteiger partial charge in [-0.15, -0.1) is 10.2 Å². The fourth-order valence-electron chi connectivity index (χ4n) is 3.17. The third kappa shape index (κ3) is 6.99. The van der Waals surface area contributed by atoms with Crippen LogP contribution in [-0.4, -0.2) is 32.5 Å². The van der Waals surface area contributed by atoms with Gasteiger partial charge in [0, 0.05) is 24.6 Å². The number of hydrogen-bond acceptors (Lipinski definition) is 4. The predicted molar refractivity (Wildman–Crippen MR) is 133 cm³/mol. The summed E-state index contributed by atoms with van der Waals surface area (Å²) in [5.74, 6) is 1.81. The van der Waals surface area contributed by atoms with Crippen molar-refractivity contribution in [3.63, 3.8) is 0 Å². The molecule has 0 spiro atoms. The molecule has 1 N–H and O–H groups in total. The van der Waals surface area contributed by atoms with Crippen LogP contribution in [-0.2, 0) is 11.2 Å². The molecule has 2 aromatic carbocycles. The van der Waals surface area contributed by atoms with Gasteiger partial charge in [0.1, 0.15) is 5.82 Å². The first-order valence-electron chi connectivity index (χ1n) is 10.8. The predicted octanol–water partition coefficient (Wildman–Crippen LogP) is 6.34. The molecule has 0 aliphatic heterocycles. The molecule has 1 heterocycles. The van der Waals surface area contributed by atoms with E-state index >= 15 is 0 Å². The van der Waals surface area contributed by atoms with Crippen molar-refractivity contribution < 1.29 is 4.79 Å². The van der Waals surface area contributed by atoms with E-state index in [1.165, 1.54) is 0 Å². The van der Waals surface area contributed by atoms with Gasteiger partial charge in [-0.1, -0.05) is 72.2 Å². The number of rotatable bonds is 11. The molecule has 32 heavy (non-hydrogen) atoms. The Morgan fingerprint density at radius 3 is 2.59 bits per heavy atom. The maximum absolute atomic E-state index is 12.0. The van der Waals surface area contributed by atoms with Crippen molar-refractivity contribution in [3.05, 3.63) is 70.0 Å². The Balaban J connectivity index is 1.68. The van der Waals surface area contributed by atoms with E-state index in [4.69, 9.17) is 23.2 Å². The number of thioether (sulfide) groups is 1. The minimum atomic E-state index is 0.119. The van der Waals surface area contributed by atoms with Gasteiger partial charge in [0.25, 0.3) is 0 Å². The Hall–Kier alpha value is -2.02. The number of carbonyl (C=O) groups excluding carboxylic acids is 1. The molecule has 3 aromatic rings. The molecule has 3 rings (SSSR count). The Morgan fingerprint density at radius 2 is 1.88 bits per heavy atom. The van der Waals surface area contributed by atoms with E-state index in [0.717, 1.165) is 47.2 Å². The maximum Gasteiger partial charge on any atom is 0.220 e. The summed E-state index contributed by atoms with van der Waals surface area (Å²) in [7, 11) is 0. The zero-order valence-electron chi connectivity index (χ0n) is 18.4. The minimum Gasteiger partial charge on any atom is -0.354 e. The SMILES string of the molecule is CCC(C)NC(=O)CCCCSc1nnc(Cc2ccccc2)n1-c1ccc(Cl)c(Cl)c1. The lowest BCUT2D eigenvalue weighted by Crippen LogP contribution is -2.31. The molecular weight excluding hydrogens is 463 g/mol. The number of carbonyl (C=O) groups is 1. The topological polar surface area (TPSA) is 59.8 Å². The summed E-state index contributed by atoms with van der Waals surface area (Å²) in [6.07, 6.45) is 3.90. The summed E-state index contributed by atoms with van der Waals surface area (Å²) < 4.78 is 2.04. The van der Waals surface area contributed by atoms with Crippen LogP contribution in [0.1, 0.15) is 50.9 Å². The molecule has 1 atom stereocenters. The van der Waals surface area contributed by atoms with Crippen LogP contribution in [0.15, 0.2) is 53.7 Å². The van der Waals surface area contributed by atoms with Gasteiger partial charge in [0.2, 0.25) is 5.91 Å². The molecule has 1 amide bonds. The van der Waals surface area contributed by atoms with Crippen molar-refractivity contribution in [2.75, 3.05) is 5.75 Å². The summed E-state index contributed by atoms with van der Waals surface area (Å²) in [6, 6.07) is 16.0. The first-order chi connectivity index (χ1) is 15.5. The van der Waals surface area contributed by atoms with Crippen molar-refractivity contribution in [1.82, 2.24) is 20.1 Å². The van der Waals surface area contributed by atoms with Crippen molar-refractivity contribution in [2.24, 2.45) is 0 Å². The van der Waals surface area contributed by atoms with Crippen LogP contribution < -0.4 is 5.32 Å². The first-order valence-corrected chi connectivity index (χ1v) is 12.6. The van der Waals surface area contributed by atoms with Crippen molar-refractivity contribution in [3.8, 4) is 5.69 Å². The molecule has 1 aromatic heterocycles. The number of halogens is 2. The lowest BCUT2D eigenvalue weighted by Gasteiger charge is -2.12. The molecule has 1 unspecified atom stereocenters. The zero-order chi connectivity index (χ0) is 22.9. The van der Waals surface area contributed by atoms with E-state index in [1.807, 2.05) is 41.8 Å². The second-order valence-corrected chi connectivity index (χ2v) is 9.55. The second kappa shape index (κ2) is 12.3. The fraction of sp³-hybridized carbons (Fsp3) is 0.375. The zero-order valence-corrected chi connectivity index (χ0v) is 20.7. The molecule has 5 nitrogen and oxygen atoms in total. The van der Waals surface area contributed by atoms with Gasteiger partial charge in [0.05, 0.1) is 15.7 Å². The highest BCUT2D eigenvalue weighted by atomic mass is 35.5. The largest absolute Gasteiger partial charge is 0.354 e. The van der Waals surface area contributed by atoms with Gasteiger partial charge in [0.15, 0.2) is 5.16 Å². The van der Waals surface area contributed by atoms with E-state index in [2.05, 4.69) is 34.6 Å². The normalized spacial score (nSPS) is 12.0. The van der Waals surface area contributed by atoms with Gasteiger partial charge in [-0.25, -0.2) is 0 Å². The summed E-state index contributed by atoms with van der Waals surface area (Å²) in [5.41, 5.74) is 2.04. The van der Waals surface area contributed by atoms with Crippen molar-refractivity contribution >= 4 is 40.9 Å². The number of aromatic nitrogens is 3. The number of amides is 1. The van der Waals surface area contributed by atoms with Crippen LogP contribution in [0.2, 0.25) is 10.0 Å². The van der Waals surface area contributed by atoms with Crippen LogP contribution in [0.5, 0.6) is 0 Å². The van der Waals surface area contributed by atoms with E-state index in [9.17, 15) is 4.79 Å². The average Bonchev–Trinajstić information content (AvgIpc) is 3.18. The van der Waals surface area contributed by atoms with Crippen molar-refractivity contribution in [2.45, 2.75) is 57.1 Å². The lowest BCUT2D eigenvalue weighted by molar-refractivity contribution is -0.121. The monoisotopic (exact) mass is 490 g/mol. The quantitative estimate of drug-likeness (QED) is 0.251. The molecule has 0 fully saturated rings. The Kier molecular flexibility index (Phi) is 9.45. The van der Waals surface area contributed by atoms with Crippen LogP contribution in [0.4, 0.5) is 0 Å². The van der Waals surface area contributed by atoms with Gasteiger partial charge >= 0.3 is 0 Å². The first kappa shape index (κ1) is 24.6. The molecule has 0 aliphatic carbocycles. The third-order valence-corrected chi connectivity index (χ3v) is 6.87. The number of hydrogen-bond donors (Lipinski definition) is 1. The Morgan fingerprint density at radius 1 is 1.09 bits per heavy atom. The molecule has 170 valence electrons. The molecule has 8 heteroatoms. The van der Waals surface area contributed by atoms with Crippen molar-refractivity contribution in [1.29, 1.82) is 0 Å². The Bertz CT molecular complexity index is 1030. The minimum absolute atomic E-state index is 0.119. The molecule has 0 radical (unpaired) electrons. The lowest BCUT2D eigenvalue weighted by atomic mass is 10.1. The fourth-order valence-corrected chi connectivity index (χ4v) is 4.43. The summed E-state index contributed by atoms with van der Waals surface area (Å²) in [4.78, 5) is 12.0. The molecule has 0 aliphatic rings. The van der Waals surface area contributed by atoms with Gasteiger partial charge in [-0.3, -0.25) is 9.36 Å². The van der Waals surface area contributed by atoms with Gasteiger partial charge < -0.3 is 5.32 Å².